The van der Waals surface area contributed by atoms with Gasteiger partial charge in [0.2, 0.25) is 0 Å². The van der Waals surface area contributed by atoms with Gasteiger partial charge in [-0.1, -0.05) is 144 Å². The van der Waals surface area contributed by atoms with Gasteiger partial charge >= 0.3 is 0 Å². The SMILES string of the molecule is CC(C)(C)c1ccc(-c2cc(N3CN(c4cccc(Oc5ccc6c7ccc(C(C)(C)C)cc7n(-c7cc(C(C)(C)C)ccn7)c6c5)c4)c4ccccc43)cc(C(C)(C)C)c2)cc1. The molecule has 1 aliphatic heterocycles. The van der Waals surface area contributed by atoms with Crippen molar-refractivity contribution in [1.82, 2.24) is 9.55 Å². The lowest BCUT2D eigenvalue weighted by Crippen LogP contribution is -2.24. The van der Waals surface area contributed by atoms with Crippen LogP contribution in [-0.4, -0.2) is 16.2 Å². The van der Waals surface area contributed by atoms with Crippen LogP contribution in [0.5, 0.6) is 11.5 Å². The molecule has 5 nitrogen and oxygen atoms in total. The Balaban J connectivity index is 1.08. The summed E-state index contributed by atoms with van der Waals surface area (Å²) in [5, 5.41) is 2.37. The summed E-state index contributed by atoms with van der Waals surface area (Å²) in [7, 11) is 0. The predicted molar refractivity (Wildman–Crippen MR) is 267 cm³/mol. The van der Waals surface area contributed by atoms with Gasteiger partial charge < -0.3 is 14.5 Å². The Labute approximate surface area is 375 Å². The van der Waals surface area contributed by atoms with Gasteiger partial charge in [0.05, 0.1) is 22.4 Å². The average Bonchev–Trinajstić information content (AvgIpc) is 3.78. The second-order valence-electron chi connectivity index (χ2n) is 21.6. The molecule has 320 valence electrons. The Hall–Kier alpha value is -6.33. The number of rotatable bonds is 6. The van der Waals surface area contributed by atoms with Crippen molar-refractivity contribution in [3.8, 4) is 28.4 Å². The molecule has 3 heterocycles. The number of hydrogen-bond acceptors (Lipinski definition) is 4. The third-order valence-corrected chi connectivity index (χ3v) is 12.7. The highest BCUT2D eigenvalue weighted by Gasteiger charge is 2.30. The second kappa shape index (κ2) is 15.2. The third-order valence-electron chi connectivity index (χ3n) is 12.7. The van der Waals surface area contributed by atoms with Crippen LogP contribution < -0.4 is 14.5 Å². The molecule has 0 aliphatic carbocycles. The molecule has 0 atom stereocenters. The number of benzene rings is 6. The van der Waals surface area contributed by atoms with E-state index in [0.717, 1.165) is 39.7 Å². The maximum absolute atomic E-state index is 6.80. The zero-order valence-corrected chi connectivity index (χ0v) is 39.3. The van der Waals surface area contributed by atoms with Gasteiger partial charge in [-0.15, -0.1) is 0 Å². The van der Waals surface area contributed by atoms with Crippen LogP contribution in [0, 0.1) is 0 Å². The van der Waals surface area contributed by atoms with E-state index in [0.29, 0.717) is 6.67 Å². The quantitative estimate of drug-likeness (QED) is 0.167. The highest BCUT2D eigenvalue weighted by atomic mass is 16.5. The van der Waals surface area contributed by atoms with E-state index in [1.807, 2.05) is 6.20 Å². The van der Waals surface area contributed by atoms with Gasteiger partial charge in [-0.05, 0) is 122 Å². The Morgan fingerprint density at radius 2 is 1.00 bits per heavy atom. The minimum Gasteiger partial charge on any atom is -0.457 e. The molecule has 0 fully saturated rings. The number of fused-ring (bicyclic) bond motifs is 4. The van der Waals surface area contributed by atoms with E-state index >= 15 is 0 Å². The van der Waals surface area contributed by atoms with E-state index in [1.54, 1.807) is 0 Å². The number of hydrogen-bond donors (Lipinski definition) is 0. The van der Waals surface area contributed by atoms with Gasteiger partial charge in [0.1, 0.15) is 24.0 Å². The monoisotopic (exact) mass is 830 g/mol. The number of para-hydroxylation sites is 2. The summed E-state index contributed by atoms with van der Waals surface area (Å²) in [5.74, 6) is 2.46. The lowest BCUT2D eigenvalue weighted by molar-refractivity contribution is 0.483. The lowest BCUT2D eigenvalue weighted by atomic mass is 9.83. The topological polar surface area (TPSA) is 33.5 Å². The largest absolute Gasteiger partial charge is 0.457 e. The van der Waals surface area contributed by atoms with Gasteiger partial charge in [-0.25, -0.2) is 4.98 Å². The first-order chi connectivity index (χ1) is 29.7. The van der Waals surface area contributed by atoms with Crippen molar-refractivity contribution in [2.45, 2.75) is 105 Å². The van der Waals surface area contributed by atoms with Crippen molar-refractivity contribution in [1.29, 1.82) is 0 Å². The Kier molecular flexibility index (Phi) is 10.1. The zero-order valence-electron chi connectivity index (χ0n) is 39.3. The Morgan fingerprint density at radius 3 is 1.65 bits per heavy atom. The van der Waals surface area contributed by atoms with Gasteiger partial charge in [0, 0.05) is 40.5 Å². The van der Waals surface area contributed by atoms with E-state index in [9.17, 15) is 0 Å². The fourth-order valence-electron chi connectivity index (χ4n) is 8.82. The number of aromatic nitrogens is 2. The molecule has 2 aromatic heterocycles. The molecule has 8 aromatic rings. The Bertz CT molecular complexity index is 3000. The van der Waals surface area contributed by atoms with Crippen LogP contribution in [0.2, 0.25) is 0 Å². The molecule has 1 aliphatic rings. The molecule has 0 radical (unpaired) electrons. The summed E-state index contributed by atoms with van der Waals surface area (Å²) >= 11 is 0. The van der Waals surface area contributed by atoms with Crippen LogP contribution in [0.4, 0.5) is 22.7 Å². The number of pyridine rings is 1. The van der Waals surface area contributed by atoms with Gasteiger partial charge in [-0.3, -0.25) is 4.57 Å². The second-order valence-corrected chi connectivity index (χ2v) is 21.6. The molecule has 0 unspecified atom stereocenters. The number of ether oxygens (including phenoxy) is 1. The average molecular weight is 831 g/mol. The molecule has 0 amide bonds. The van der Waals surface area contributed by atoms with E-state index < -0.39 is 0 Å². The molecular weight excluding hydrogens is 769 g/mol. The van der Waals surface area contributed by atoms with Crippen molar-refractivity contribution in [3.05, 3.63) is 168 Å². The minimum absolute atomic E-state index is 0.000653. The lowest BCUT2D eigenvalue weighted by Gasteiger charge is -2.27. The molecule has 0 spiro atoms. The molecule has 63 heavy (non-hydrogen) atoms. The summed E-state index contributed by atoms with van der Waals surface area (Å²) in [4.78, 5) is 9.81. The molecule has 0 saturated carbocycles. The summed E-state index contributed by atoms with van der Waals surface area (Å²) in [6, 6.07) is 51.2. The zero-order chi connectivity index (χ0) is 44.6. The molecule has 6 aromatic carbocycles. The smallest absolute Gasteiger partial charge is 0.137 e. The van der Waals surface area contributed by atoms with Gasteiger partial charge in [0.15, 0.2) is 0 Å². The van der Waals surface area contributed by atoms with Crippen LogP contribution in [0.15, 0.2) is 146 Å². The fraction of sp³-hybridized carbons (Fsp3) is 0.293. The molecule has 9 rings (SSSR count). The standard InChI is InChI=1S/C58H62N4O/c1-55(2,3)40-22-20-38(21-23-40)39-30-43(58(10,11)12)32-45(31-39)61-37-60(50-18-13-14-19-51(50)61)44-16-15-17-46(35-44)63-47-25-27-49-48-26-24-41(56(4,5)6)33-52(48)62(53(49)36-47)54-34-42(28-29-59-54)57(7,8)9/h13-36H,37H2,1-12H3. The first-order valence-corrected chi connectivity index (χ1v) is 22.5. The summed E-state index contributed by atoms with van der Waals surface area (Å²) in [5.41, 5.74) is 14.5. The number of anilines is 4. The first-order valence-electron chi connectivity index (χ1n) is 22.5. The number of nitrogens with zero attached hydrogens (tertiary/aromatic N) is 4. The van der Waals surface area contributed by atoms with E-state index in [2.05, 4.69) is 237 Å². The highest BCUT2D eigenvalue weighted by Crippen LogP contribution is 2.47. The summed E-state index contributed by atoms with van der Waals surface area (Å²) < 4.78 is 9.12. The summed E-state index contributed by atoms with van der Waals surface area (Å²) in [6.07, 6.45) is 1.94. The minimum atomic E-state index is -0.0274. The fourth-order valence-corrected chi connectivity index (χ4v) is 8.82. The molecule has 0 saturated heterocycles. The van der Waals surface area contributed by atoms with Crippen molar-refractivity contribution >= 4 is 44.6 Å². The molecular formula is C58H62N4O. The van der Waals surface area contributed by atoms with E-state index in [-0.39, 0.29) is 21.7 Å². The van der Waals surface area contributed by atoms with Crippen molar-refractivity contribution in [3.63, 3.8) is 0 Å². The van der Waals surface area contributed by atoms with Gasteiger partial charge in [-0.2, -0.15) is 0 Å². The van der Waals surface area contributed by atoms with Crippen molar-refractivity contribution in [2.24, 2.45) is 0 Å². The van der Waals surface area contributed by atoms with Gasteiger partial charge in [0.25, 0.3) is 0 Å². The predicted octanol–water partition coefficient (Wildman–Crippen LogP) is 16.1. The third kappa shape index (κ3) is 8.10. The maximum Gasteiger partial charge on any atom is 0.137 e. The van der Waals surface area contributed by atoms with Crippen molar-refractivity contribution < 1.29 is 4.74 Å². The van der Waals surface area contributed by atoms with Crippen LogP contribution in [0.1, 0.15) is 105 Å². The van der Waals surface area contributed by atoms with Crippen LogP contribution >= 0.6 is 0 Å². The van der Waals surface area contributed by atoms with Crippen LogP contribution in [0.3, 0.4) is 0 Å². The molecule has 0 bridgehead atoms. The molecule has 0 N–H and O–H groups in total. The summed E-state index contributed by atoms with van der Waals surface area (Å²) in [6.45, 7) is 28.0. The van der Waals surface area contributed by atoms with Crippen LogP contribution in [0.25, 0.3) is 38.8 Å². The van der Waals surface area contributed by atoms with Crippen LogP contribution in [-0.2, 0) is 21.7 Å². The Morgan fingerprint density at radius 1 is 0.429 bits per heavy atom. The van der Waals surface area contributed by atoms with E-state index in [4.69, 9.17) is 9.72 Å². The van der Waals surface area contributed by atoms with E-state index in [1.165, 1.54) is 55.5 Å². The highest BCUT2D eigenvalue weighted by molar-refractivity contribution is 6.09. The normalized spacial score (nSPS) is 13.6. The molecule has 5 heteroatoms. The van der Waals surface area contributed by atoms with Crippen molar-refractivity contribution in [2.75, 3.05) is 16.5 Å². The maximum atomic E-state index is 6.80. The first kappa shape index (κ1) is 42.0.